The second-order valence-electron chi connectivity index (χ2n) is 4.19. The van der Waals surface area contributed by atoms with E-state index in [4.69, 9.17) is 9.15 Å². The number of ether oxygens (including phenoxy) is 1. The van der Waals surface area contributed by atoms with Crippen LogP contribution in [-0.2, 0) is 11.2 Å². The van der Waals surface area contributed by atoms with E-state index in [-0.39, 0.29) is 0 Å². The molecule has 4 heteroatoms. The molecule has 98 valence electrons. The maximum atomic E-state index is 11.4. The van der Waals surface area contributed by atoms with Gasteiger partial charge in [0.2, 0.25) is 0 Å². The maximum absolute atomic E-state index is 11.4. The van der Waals surface area contributed by atoms with E-state index in [2.05, 4.69) is 0 Å². The molecule has 1 heterocycles. The molecule has 0 saturated heterocycles. The van der Waals surface area contributed by atoms with E-state index in [1.807, 2.05) is 12.1 Å². The van der Waals surface area contributed by atoms with Crippen molar-refractivity contribution in [2.75, 3.05) is 7.11 Å². The number of hydrogen-bond acceptors (Lipinski definition) is 4. The highest BCUT2D eigenvalue weighted by atomic mass is 16.5. The lowest BCUT2D eigenvalue weighted by Gasteiger charge is -2.09. The summed E-state index contributed by atoms with van der Waals surface area (Å²) in [5, 5.41) is 0.826. The first-order valence-electron chi connectivity index (χ1n) is 5.87. The molecule has 19 heavy (non-hydrogen) atoms. The SMILES string of the molecule is COc1ccc2ccc(=O)oc2c1C/C=C(\C)C=O. The first-order valence-corrected chi connectivity index (χ1v) is 5.87. The lowest BCUT2D eigenvalue weighted by atomic mass is 10.1. The lowest BCUT2D eigenvalue weighted by Crippen LogP contribution is -1.99. The summed E-state index contributed by atoms with van der Waals surface area (Å²) in [5.41, 5.74) is 1.48. The molecule has 4 nitrogen and oxygen atoms in total. The zero-order valence-electron chi connectivity index (χ0n) is 10.8. The summed E-state index contributed by atoms with van der Waals surface area (Å²) in [4.78, 5) is 22.0. The Balaban J connectivity index is 2.63. The topological polar surface area (TPSA) is 56.5 Å². The van der Waals surface area contributed by atoms with Gasteiger partial charge in [0.15, 0.2) is 0 Å². The molecule has 2 aromatic rings. The van der Waals surface area contributed by atoms with Crippen LogP contribution >= 0.6 is 0 Å². The van der Waals surface area contributed by atoms with Crippen molar-refractivity contribution in [3.05, 3.63) is 51.9 Å². The molecule has 0 saturated carbocycles. The van der Waals surface area contributed by atoms with E-state index in [0.29, 0.717) is 23.3 Å². The van der Waals surface area contributed by atoms with Crippen LogP contribution in [0.3, 0.4) is 0 Å². The van der Waals surface area contributed by atoms with Crippen LogP contribution < -0.4 is 10.4 Å². The van der Waals surface area contributed by atoms with Crippen LogP contribution in [0.1, 0.15) is 12.5 Å². The third-order valence-corrected chi connectivity index (χ3v) is 2.88. The minimum absolute atomic E-state index is 0.405. The van der Waals surface area contributed by atoms with Crippen LogP contribution in [-0.4, -0.2) is 13.4 Å². The van der Waals surface area contributed by atoms with Crippen LogP contribution in [0, 0.1) is 0 Å². The third kappa shape index (κ3) is 2.73. The normalized spacial score (nSPS) is 11.6. The Hall–Kier alpha value is -2.36. The van der Waals surface area contributed by atoms with Crippen molar-refractivity contribution in [1.82, 2.24) is 0 Å². The van der Waals surface area contributed by atoms with Gasteiger partial charge in [-0.15, -0.1) is 0 Å². The van der Waals surface area contributed by atoms with E-state index < -0.39 is 5.63 Å². The molecule has 2 rings (SSSR count). The second-order valence-corrected chi connectivity index (χ2v) is 4.19. The molecule has 0 radical (unpaired) electrons. The Labute approximate surface area is 110 Å². The zero-order chi connectivity index (χ0) is 13.8. The minimum Gasteiger partial charge on any atom is -0.496 e. The lowest BCUT2D eigenvalue weighted by molar-refractivity contribution is -0.104. The van der Waals surface area contributed by atoms with Gasteiger partial charge in [-0.05, 0) is 37.1 Å². The standard InChI is InChI=1S/C15H14O4/c1-10(9-16)3-6-12-13(18-2)7-4-11-5-8-14(17)19-15(11)12/h3-5,7-9H,6H2,1-2H3/b10-3+. The summed E-state index contributed by atoms with van der Waals surface area (Å²) in [6.45, 7) is 1.72. The number of benzene rings is 1. The highest BCUT2D eigenvalue weighted by Gasteiger charge is 2.10. The molecule has 0 aliphatic rings. The van der Waals surface area contributed by atoms with E-state index >= 15 is 0 Å². The Bertz CT molecular complexity index is 695. The van der Waals surface area contributed by atoms with E-state index in [0.717, 1.165) is 17.2 Å². The summed E-state index contributed by atoms with van der Waals surface area (Å²) in [5.74, 6) is 0.636. The zero-order valence-corrected chi connectivity index (χ0v) is 10.8. The number of allylic oxidation sites excluding steroid dienone is 2. The van der Waals surface area contributed by atoms with Crippen molar-refractivity contribution < 1.29 is 13.9 Å². The molecule has 1 aromatic heterocycles. The molecule has 0 N–H and O–H groups in total. The van der Waals surface area contributed by atoms with Gasteiger partial charge in [0.1, 0.15) is 17.6 Å². The Morgan fingerprint density at radius 3 is 2.74 bits per heavy atom. The molecule has 0 aliphatic carbocycles. The number of rotatable bonds is 4. The number of fused-ring (bicyclic) bond motifs is 1. The Morgan fingerprint density at radius 2 is 2.05 bits per heavy atom. The van der Waals surface area contributed by atoms with Crippen LogP contribution in [0.25, 0.3) is 11.0 Å². The highest BCUT2D eigenvalue weighted by Crippen LogP contribution is 2.27. The largest absolute Gasteiger partial charge is 0.496 e. The molecular weight excluding hydrogens is 244 g/mol. The van der Waals surface area contributed by atoms with Crippen LogP contribution in [0.2, 0.25) is 0 Å². The summed E-state index contributed by atoms with van der Waals surface area (Å²) >= 11 is 0. The fraction of sp³-hybridized carbons (Fsp3) is 0.200. The number of methoxy groups -OCH3 is 1. The number of carbonyl (C=O) groups excluding carboxylic acids is 1. The van der Waals surface area contributed by atoms with Crippen molar-refractivity contribution in [2.45, 2.75) is 13.3 Å². The molecule has 0 bridgehead atoms. The maximum Gasteiger partial charge on any atom is 0.336 e. The molecule has 0 aliphatic heterocycles. The van der Waals surface area contributed by atoms with Crippen LogP contribution in [0.4, 0.5) is 0 Å². The van der Waals surface area contributed by atoms with Crippen molar-refractivity contribution in [3.63, 3.8) is 0 Å². The predicted molar refractivity (Wildman–Crippen MR) is 72.6 cm³/mol. The van der Waals surface area contributed by atoms with Gasteiger partial charge in [-0.3, -0.25) is 4.79 Å². The van der Waals surface area contributed by atoms with Gasteiger partial charge in [0.05, 0.1) is 7.11 Å². The first-order chi connectivity index (χ1) is 9.15. The molecule has 0 spiro atoms. The summed E-state index contributed by atoms with van der Waals surface area (Å²) < 4.78 is 10.5. The molecule has 1 aromatic carbocycles. The molecule has 0 amide bonds. The van der Waals surface area contributed by atoms with Crippen molar-refractivity contribution in [3.8, 4) is 5.75 Å². The van der Waals surface area contributed by atoms with Gasteiger partial charge in [-0.25, -0.2) is 4.79 Å². The number of hydrogen-bond donors (Lipinski definition) is 0. The Kier molecular flexibility index (Phi) is 3.80. The van der Waals surface area contributed by atoms with Crippen molar-refractivity contribution in [2.24, 2.45) is 0 Å². The molecule has 0 fully saturated rings. The molecule has 0 atom stereocenters. The van der Waals surface area contributed by atoms with Crippen LogP contribution in [0.15, 0.2) is 45.1 Å². The second kappa shape index (κ2) is 5.52. The van der Waals surface area contributed by atoms with Gasteiger partial charge in [0, 0.05) is 17.0 Å². The van der Waals surface area contributed by atoms with Crippen molar-refractivity contribution >= 4 is 17.3 Å². The van der Waals surface area contributed by atoms with Gasteiger partial charge < -0.3 is 9.15 Å². The first kappa shape index (κ1) is 13.1. The minimum atomic E-state index is -0.405. The third-order valence-electron chi connectivity index (χ3n) is 2.88. The van der Waals surface area contributed by atoms with Gasteiger partial charge in [-0.2, -0.15) is 0 Å². The highest BCUT2D eigenvalue weighted by molar-refractivity contribution is 5.82. The summed E-state index contributed by atoms with van der Waals surface area (Å²) in [7, 11) is 1.56. The molecular formula is C15H14O4. The average molecular weight is 258 g/mol. The number of aldehydes is 1. The van der Waals surface area contributed by atoms with Gasteiger partial charge in [0.25, 0.3) is 0 Å². The summed E-state index contributed by atoms with van der Waals surface area (Å²) in [6, 6.07) is 6.74. The van der Waals surface area contributed by atoms with E-state index in [1.165, 1.54) is 6.07 Å². The predicted octanol–water partition coefficient (Wildman–Crippen LogP) is 2.49. The monoisotopic (exact) mass is 258 g/mol. The van der Waals surface area contributed by atoms with Crippen LogP contribution in [0.5, 0.6) is 5.75 Å². The average Bonchev–Trinajstić information content (AvgIpc) is 2.44. The van der Waals surface area contributed by atoms with Gasteiger partial charge >= 0.3 is 5.63 Å². The Morgan fingerprint density at radius 1 is 1.32 bits per heavy atom. The fourth-order valence-corrected chi connectivity index (χ4v) is 1.87. The molecule has 0 unspecified atom stereocenters. The van der Waals surface area contributed by atoms with E-state index in [1.54, 1.807) is 26.2 Å². The smallest absolute Gasteiger partial charge is 0.336 e. The van der Waals surface area contributed by atoms with Crippen molar-refractivity contribution in [1.29, 1.82) is 0 Å². The fourth-order valence-electron chi connectivity index (χ4n) is 1.87. The van der Waals surface area contributed by atoms with E-state index in [9.17, 15) is 9.59 Å². The van der Waals surface area contributed by atoms with Gasteiger partial charge in [-0.1, -0.05) is 6.08 Å². The number of carbonyl (C=O) groups is 1. The quantitative estimate of drug-likeness (QED) is 0.480. The summed E-state index contributed by atoms with van der Waals surface area (Å²) in [6.07, 6.45) is 3.03.